The standard InChI is InChI=1S/C17H28N2/c1-14-7-3-6-10-17(14)19(2)12-11-15-8-4-5-9-16(15)13-18/h4-5,8-9,14,17H,3,6-7,10-13,18H2,1-2H3. The molecule has 0 aliphatic heterocycles. The SMILES string of the molecule is CC1CCCCC1N(C)CCc1ccccc1CN. The van der Waals surface area contributed by atoms with Gasteiger partial charge in [0.2, 0.25) is 0 Å². The predicted octanol–water partition coefficient (Wildman–Crippen LogP) is 3.20. The lowest BCUT2D eigenvalue weighted by atomic mass is 9.85. The van der Waals surface area contributed by atoms with E-state index in [2.05, 4.69) is 43.1 Å². The van der Waals surface area contributed by atoms with E-state index in [0.29, 0.717) is 6.54 Å². The van der Waals surface area contributed by atoms with Crippen LogP contribution in [-0.4, -0.2) is 24.5 Å². The van der Waals surface area contributed by atoms with E-state index >= 15 is 0 Å². The van der Waals surface area contributed by atoms with Crippen molar-refractivity contribution in [2.45, 2.75) is 51.6 Å². The quantitative estimate of drug-likeness (QED) is 0.881. The largest absolute Gasteiger partial charge is 0.326 e. The molecule has 106 valence electrons. The summed E-state index contributed by atoms with van der Waals surface area (Å²) in [6, 6.07) is 9.36. The van der Waals surface area contributed by atoms with Crippen LogP contribution in [0.2, 0.25) is 0 Å². The molecule has 0 amide bonds. The fourth-order valence-corrected chi connectivity index (χ4v) is 3.41. The first kappa shape index (κ1) is 14.5. The molecule has 0 saturated heterocycles. The summed E-state index contributed by atoms with van der Waals surface area (Å²) in [7, 11) is 2.29. The van der Waals surface area contributed by atoms with Crippen molar-refractivity contribution in [3.63, 3.8) is 0 Å². The normalized spacial score (nSPS) is 23.8. The van der Waals surface area contributed by atoms with Gasteiger partial charge in [0.1, 0.15) is 0 Å². The van der Waals surface area contributed by atoms with Crippen molar-refractivity contribution in [1.29, 1.82) is 0 Å². The van der Waals surface area contributed by atoms with Crippen molar-refractivity contribution in [1.82, 2.24) is 4.90 Å². The lowest BCUT2D eigenvalue weighted by Gasteiger charge is -2.36. The number of likely N-dealkylation sites (N-methyl/N-ethyl adjacent to an activating group) is 1. The summed E-state index contributed by atoms with van der Waals surface area (Å²) in [5, 5.41) is 0. The second kappa shape index (κ2) is 7.06. The number of hydrogen-bond acceptors (Lipinski definition) is 2. The van der Waals surface area contributed by atoms with Crippen LogP contribution in [0.5, 0.6) is 0 Å². The summed E-state index contributed by atoms with van der Waals surface area (Å²) in [6.45, 7) is 4.21. The van der Waals surface area contributed by atoms with Crippen LogP contribution >= 0.6 is 0 Å². The number of nitrogens with zero attached hydrogens (tertiary/aromatic N) is 1. The maximum absolute atomic E-state index is 5.81. The molecule has 0 spiro atoms. The second-order valence-electron chi connectivity index (χ2n) is 6.03. The first-order valence-electron chi connectivity index (χ1n) is 7.69. The summed E-state index contributed by atoms with van der Waals surface area (Å²) in [6.07, 6.45) is 6.71. The Morgan fingerprint density at radius 2 is 1.84 bits per heavy atom. The van der Waals surface area contributed by atoms with E-state index < -0.39 is 0 Å². The number of rotatable bonds is 5. The van der Waals surface area contributed by atoms with Gasteiger partial charge in [-0.3, -0.25) is 0 Å². The van der Waals surface area contributed by atoms with Gasteiger partial charge in [-0.05, 0) is 43.4 Å². The minimum atomic E-state index is 0.652. The minimum Gasteiger partial charge on any atom is -0.326 e. The predicted molar refractivity (Wildman–Crippen MR) is 82.1 cm³/mol. The van der Waals surface area contributed by atoms with Gasteiger partial charge in [0.05, 0.1) is 0 Å². The molecule has 1 saturated carbocycles. The second-order valence-corrected chi connectivity index (χ2v) is 6.03. The highest BCUT2D eigenvalue weighted by atomic mass is 15.1. The third kappa shape index (κ3) is 3.80. The highest BCUT2D eigenvalue weighted by Crippen LogP contribution is 2.27. The van der Waals surface area contributed by atoms with Crippen LogP contribution in [0.15, 0.2) is 24.3 Å². The van der Waals surface area contributed by atoms with Crippen LogP contribution in [0.3, 0.4) is 0 Å². The van der Waals surface area contributed by atoms with Crippen LogP contribution in [0, 0.1) is 5.92 Å². The molecular weight excluding hydrogens is 232 g/mol. The maximum Gasteiger partial charge on any atom is 0.0180 e. The summed E-state index contributed by atoms with van der Waals surface area (Å²) in [5.74, 6) is 0.850. The lowest BCUT2D eigenvalue weighted by Crippen LogP contribution is -2.40. The van der Waals surface area contributed by atoms with Gasteiger partial charge in [0.25, 0.3) is 0 Å². The van der Waals surface area contributed by atoms with E-state index in [9.17, 15) is 0 Å². The van der Waals surface area contributed by atoms with Crippen molar-refractivity contribution < 1.29 is 0 Å². The summed E-state index contributed by atoms with van der Waals surface area (Å²) < 4.78 is 0. The van der Waals surface area contributed by atoms with Crippen molar-refractivity contribution in [3.8, 4) is 0 Å². The monoisotopic (exact) mass is 260 g/mol. The minimum absolute atomic E-state index is 0.652. The first-order valence-corrected chi connectivity index (χ1v) is 7.69. The first-order chi connectivity index (χ1) is 9.22. The van der Waals surface area contributed by atoms with Crippen molar-refractivity contribution in [3.05, 3.63) is 35.4 Å². The van der Waals surface area contributed by atoms with Gasteiger partial charge >= 0.3 is 0 Å². The van der Waals surface area contributed by atoms with Crippen LogP contribution in [0.25, 0.3) is 0 Å². The molecule has 2 rings (SSSR count). The molecule has 1 aromatic carbocycles. The molecule has 2 nitrogen and oxygen atoms in total. The molecule has 2 atom stereocenters. The zero-order valence-electron chi connectivity index (χ0n) is 12.4. The van der Waals surface area contributed by atoms with Crippen LogP contribution in [0.4, 0.5) is 0 Å². The Kier molecular flexibility index (Phi) is 5.41. The lowest BCUT2D eigenvalue weighted by molar-refractivity contribution is 0.141. The summed E-state index contributed by atoms with van der Waals surface area (Å²) in [5.41, 5.74) is 8.52. The van der Waals surface area contributed by atoms with Gasteiger partial charge in [-0.1, -0.05) is 44.0 Å². The average molecular weight is 260 g/mol. The Hall–Kier alpha value is -0.860. The third-order valence-corrected chi connectivity index (χ3v) is 4.70. The molecule has 0 radical (unpaired) electrons. The van der Waals surface area contributed by atoms with E-state index in [4.69, 9.17) is 5.73 Å². The van der Waals surface area contributed by atoms with Gasteiger partial charge in [-0.15, -0.1) is 0 Å². The summed E-state index contributed by atoms with van der Waals surface area (Å²) in [4.78, 5) is 2.57. The fraction of sp³-hybridized carbons (Fsp3) is 0.647. The zero-order valence-corrected chi connectivity index (χ0v) is 12.4. The smallest absolute Gasteiger partial charge is 0.0180 e. The molecule has 0 heterocycles. The van der Waals surface area contributed by atoms with Crippen LogP contribution < -0.4 is 5.73 Å². The maximum atomic E-state index is 5.81. The highest BCUT2D eigenvalue weighted by Gasteiger charge is 2.24. The Balaban J connectivity index is 1.90. The number of hydrogen-bond donors (Lipinski definition) is 1. The van der Waals surface area contributed by atoms with Gasteiger partial charge in [0, 0.05) is 19.1 Å². The zero-order chi connectivity index (χ0) is 13.7. The van der Waals surface area contributed by atoms with E-state index in [1.54, 1.807) is 0 Å². The highest BCUT2D eigenvalue weighted by molar-refractivity contribution is 5.27. The fourth-order valence-electron chi connectivity index (χ4n) is 3.41. The molecule has 1 fully saturated rings. The number of benzene rings is 1. The molecule has 0 bridgehead atoms. The third-order valence-electron chi connectivity index (χ3n) is 4.70. The summed E-state index contributed by atoms with van der Waals surface area (Å²) >= 11 is 0. The van der Waals surface area contributed by atoms with Gasteiger partial charge in [-0.25, -0.2) is 0 Å². The molecule has 1 aliphatic rings. The van der Waals surface area contributed by atoms with Crippen LogP contribution in [0.1, 0.15) is 43.7 Å². The van der Waals surface area contributed by atoms with E-state index in [1.165, 1.54) is 36.8 Å². The van der Waals surface area contributed by atoms with Crippen molar-refractivity contribution >= 4 is 0 Å². The van der Waals surface area contributed by atoms with Gasteiger partial charge in [-0.2, -0.15) is 0 Å². The Morgan fingerprint density at radius 1 is 1.16 bits per heavy atom. The molecule has 0 aromatic heterocycles. The molecule has 1 aromatic rings. The molecule has 1 aliphatic carbocycles. The van der Waals surface area contributed by atoms with E-state index in [1.807, 2.05) is 0 Å². The van der Waals surface area contributed by atoms with Crippen LogP contribution in [-0.2, 0) is 13.0 Å². The topological polar surface area (TPSA) is 29.3 Å². The van der Waals surface area contributed by atoms with E-state index in [-0.39, 0.29) is 0 Å². The molecular formula is C17H28N2. The molecule has 19 heavy (non-hydrogen) atoms. The van der Waals surface area contributed by atoms with E-state index in [0.717, 1.165) is 24.9 Å². The van der Waals surface area contributed by atoms with Gasteiger partial charge in [0.15, 0.2) is 0 Å². The van der Waals surface area contributed by atoms with Gasteiger partial charge < -0.3 is 10.6 Å². The molecule has 2 unspecified atom stereocenters. The van der Waals surface area contributed by atoms with Crippen molar-refractivity contribution in [2.24, 2.45) is 11.7 Å². The Labute approximate surface area is 118 Å². The van der Waals surface area contributed by atoms with Crippen molar-refractivity contribution in [2.75, 3.05) is 13.6 Å². The molecule has 2 N–H and O–H groups in total. The Morgan fingerprint density at radius 3 is 2.53 bits per heavy atom. The number of nitrogens with two attached hydrogens (primary N) is 1. The Bertz CT molecular complexity index is 389. The molecule has 2 heteroatoms. The average Bonchev–Trinajstić information content (AvgIpc) is 2.45.